The number of carbonyl (C=O) groups is 2. The summed E-state index contributed by atoms with van der Waals surface area (Å²) in [6.07, 6.45) is 14.3. The van der Waals surface area contributed by atoms with E-state index in [1.165, 1.54) is 17.8 Å². The first-order valence-corrected chi connectivity index (χ1v) is 13.0. The average Bonchev–Trinajstić information content (AvgIpc) is 3.42. The van der Waals surface area contributed by atoms with E-state index in [0.717, 1.165) is 31.4 Å². The summed E-state index contributed by atoms with van der Waals surface area (Å²) in [6, 6.07) is 4.62. The van der Waals surface area contributed by atoms with Crippen molar-refractivity contribution in [3.05, 3.63) is 64.6 Å². The van der Waals surface area contributed by atoms with E-state index < -0.39 is 6.04 Å². The molecule has 35 heavy (non-hydrogen) atoms. The van der Waals surface area contributed by atoms with E-state index in [4.69, 9.17) is 11.6 Å². The normalized spacial score (nSPS) is 14.8. The maximum absolute atomic E-state index is 13.7. The summed E-state index contributed by atoms with van der Waals surface area (Å²) in [4.78, 5) is 43.7. The molecule has 10 heteroatoms. The lowest BCUT2D eigenvalue weighted by Crippen LogP contribution is -2.52. The Morgan fingerprint density at radius 3 is 2.57 bits per heavy atom. The van der Waals surface area contributed by atoms with Crippen LogP contribution in [0, 0.1) is 5.92 Å². The molecule has 8 nitrogen and oxygen atoms in total. The second-order valence-electron chi connectivity index (χ2n) is 8.82. The topological polar surface area (TPSA) is 91.3 Å². The fraction of sp³-hybridized carbons (Fsp3) is 0.400. The Bertz CT molecular complexity index is 1110. The van der Waals surface area contributed by atoms with Gasteiger partial charge < -0.3 is 15.1 Å². The monoisotopic (exact) mass is 512 g/mol. The first-order valence-electron chi connectivity index (χ1n) is 11.7. The molecule has 1 atom stereocenters. The van der Waals surface area contributed by atoms with Crippen LogP contribution >= 0.6 is 22.9 Å². The molecule has 1 N–H and O–H groups in total. The summed E-state index contributed by atoms with van der Waals surface area (Å²) in [6.45, 7) is 0.194. The van der Waals surface area contributed by atoms with Crippen LogP contribution in [0.15, 0.2) is 54.7 Å². The zero-order chi connectivity index (χ0) is 24.6. The number of rotatable bonds is 9. The van der Waals surface area contributed by atoms with Crippen LogP contribution in [0.2, 0.25) is 5.02 Å². The van der Waals surface area contributed by atoms with Gasteiger partial charge in [0.15, 0.2) is 0 Å². The molecule has 0 spiro atoms. The van der Waals surface area contributed by atoms with Crippen molar-refractivity contribution in [3.8, 4) is 0 Å². The number of thiazole rings is 1. The molecule has 1 aliphatic carbocycles. The fourth-order valence-corrected chi connectivity index (χ4v) is 5.21. The predicted molar refractivity (Wildman–Crippen MR) is 139 cm³/mol. The van der Waals surface area contributed by atoms with Crippen LogP contribution in [0.3, 0.4) is 0 Å². The first kappa shape index (κ1) is 25.1. The van der Waals surface area contributed by atoms with Crippen LogP contribution in [0.5, 0.6) is 0 Å². The van der Waals surface area contributed by atoms with Gasteiger partial charge >= 0.3 is 0 Å². The van der Waals surface area contributed by atoms with Crippen molar-refractivity contribution < 1.29 is 9.59 Å². The molecule has 2 amide bonds. The van der Waals surface area contributed by atoms with E-state index in [1.807, 2.05) is 11.9 Å². The van der Waals surface area contributed by atoms with Gasteiger partial charge in [-0.25, -0.2) is 0 Å². The number of anilines is 2. The van der Waals surface area contributed by atoms with Gasteiger partial charge in [0.2, 0.25) is 5.91 Å². The summed E-state index contributed by atoms with van der Waals surface area (Å²) in [5, 5.41) is 3.50. The lowest BCUT2D eigenvalue weighted by molar-refractivity contribution is -0.121. The SMILES string of the molecule is CN(CN(C(=O)c1cncs1)[C@@H](CC1CCCCC1)C(=O)Nc1ccncc1)c1cncc(Cl)c1. The molecule has 4 rings (SSSR count). The van der Waals surface area contributed by atoms with Gasteiger partial charge in [-0.15, -0.1) is 11.3 Å². The van der Waals surface area contributed by atoms with Crippen molar-refractivity contribution in [1.82, 2.24) is 19.9 Å². The number of carbonyl (C=O) groups excluding carboxylic acids is 2. The Morgan fingerprint density at radius 1 is 1.11 bits per heavy atom. The number of nitrogens with zero attached hydrogens (tertiary/aromatic N) is 5. The maximum Gasteiger partial charge on any atom is 0.267 e. The number of amides is 2. The summed E-state index contributed by atoms with van der Waals surface area (Å²) in [5.74, 6) is -0.0517. The number of nitrogens with one attached hydrogen (secondary N) is 1. The highest BCUT2D eigenvalue weighted by molar-refractivity contribution is 7.11. The molecule has 3 aromatic rings. The predicted octanol–water partition coefficient (Wildman–Crippen LogP) is 5.10. The first-order chi connectivity index (χ1) is 17.0. The van der Waals surface area contributed by atoms with Crippen LogP contribution in [-0.4, -0.2) is 51.4 Å². The number of pyridine rings is 2. The second-order valence-corrected chi connectivity index (χ2v) is 10.1. The Labute approximate surface area is 214 Å². The van der Waals surface area contributed by atoms with Crippen molar-refractivity contribution in [2.75, 3.05) is 23.9 Å². The van der Waals surface area contributed by atoms with Gasteiger partial charge in [0.1, 0.15) is 10.9 Å². The Kier molecular flexibility index (Phi) is 8.65. The third kappa shape index (κ3) is 6.76. The molecule has 0 aromatic carbocycles. The van der Waals surface area contributed by atoms with Crippen molar-refractivity contribution in [2.45, 2.75) is 44.6 Å². The second kappa shape index (κ2) is 12.1. The molecular formula is C25H29ClN6O2S. The van der Waals surface area contributed by atoms with Gasteiger partial charge in [0, 0.05) is 31.3 Å². The third-order valence-corrected chi connectivity index (χ3v) is 7.28. The van der Waals surface area contributed by atoms with E-state index in [-0.39, 0.29) is 18.5 Å². The number of hydrogen-bond donors (Lipinski definition) is 1. The van der Waals surface area contributed by atoms with Gasteiger partial charge in [0.05, 0.1) is 35.3 Å². The Balaban J connectivity index is 1.65. The smallest absolute Gasteiger partial charge is 0.267 e. The molecule has 0 radical (unpaired) electrons. The maximum atomic E-state index is 13.7. The Hall–Kier alpha value is -3.04. The van der Waals surface area contributed by atoms with Gasteiger partial charge in [-0.05, 0) is 30.5 Å². The van der Waals surface area contributed by atoms with Gasteiger partial charge in [0.25, 0.3) is 5.91 Å². The van der Waals surface area contributed by atoms with Crippen molar-refractivity contribution in [3.63, 3.8) is 0 Å². The molecule has 0 aliphatic heterocycles. The molecule has 0 saturated heterocycles. The largest absolute Gasteiger partial charge is 0.355 e. The molecule has 0 bridgehead atoms. The van der Waals surface area contributed by atoms with E-state index in [2.05, 4.69) is 20.3 Å². The van der Waals surface area contributed by atoms with Crippen LogP contribution < -0.4 is 10.2 Å². The van der Waals surface area contributed by atoms with Crippen molar-refractivity contribution in [1.29, 1.82) is 0 Å². The van der Waals surface area contributed by atoms with E-state index in [9.17, 15) is 9.59 Å². The summed E-state index contributed by atoms with van der Waals surface area (Å²) in [7, 11) is 1.86. The van der Waals surface area contributed by atoms with Crippen molar-refractivity contribution in [2.24, 2.45) is 5.92 Å². The molecule has 184 valence electrons. The third-order valence-electron chi connectivity index (χ3n) is 6.31. The molecule has 0 unspecified atom stereocenters. The molecule has 1 fully saturated rings. The van der Waals surface area contributed by atoms with E-state index >= 15 is 0 Å². The minimum atomic E-state index is -0.657. The number of halogens is 1. The quantitative estimate of drug-likeness (QED) is 0.401. The lowest BCUT2D eigenvalue weighted by atomic mass is 9.84. The van der Waals surface area contributed by atoms with Crippen molar-refractivity contribution >= 4 is 46.1 Å². The minimum Gasteiger partial charge on any atom is -0.355 e. The van der Waals surface area contributed by atoms with Crippen LogP contribution in [0.25, 0.3) is 0 Å². The van der Waals surface area contributed by atoms with Gasteiger partial charge in [-0.3, -0.25) is 24.5 Å². The highest BCUT2D eigenvalue weighted by atomic mass is 35.5. The van der Waals surface area contributed by atoms with Gasteiger partial charge in [-0.1, -0.05) is 43.7 Å². The summed E-state index contributed by atoms with van der Waals surface area (Å²) >= 11 is 7.43. The highest BCUT2D eigenvalue weighted by Crippen LogP contribution is 2.30. The summed E-state index contributed by atoms with van der Waals surface area (Å²) in [5.41, 5.74) is 3.03. The number of aromatic nitrogens is 3. The van der Waals surface area contributed by atoms with Crippen LogP contribution in [0.4, 0.5) is 11.4 Å². The lowest BCUT2D eigenvalue weighted by Gasteiger charge is -2.36. The molecule has 1 aliphatic rings. The fourth-order valence-electron chi connectivity index (χ4n) is 4.46. The zero-order valence-electron chi connectivity index (χ0n) is 19.6. The van der Waals surface area contributed by atoms with E-state index in [1.54, 1.807) is 59.6 Å². The summed E-state index contributed by atoms with van der Waals surface area (Å²) < 4.78 is 0. The highest BCUT2D eigenvalue weighted by Gasteiger charge is 2.34. The zero-order valence-corrected chi connectivity index (χ0v) is 21.2. The molecular weight excluding hydrogens is 484 g/mol. The Morgan fingerprint density at radius 2 is 1.89 bits per heavy atom. The minimum absolute atomic E-state index is 0.194. The molecule has 1 saturated carbocycles. The van der Waals surface area contributed by atoms with E-state index in [0.29, 0.717) is 27.9 Å². The van der Waals surface area contributed by atoms with Crippen LogP contribution in [-0.2, 0) is 4.79 Å². The van der Waals surface area contributed by atoms with Gasteiger partial charge in [-0.2, -0.15) is 0 Å². The van der Waals surface area contributed by atoms with Crippen LogP contribution in [0.1, 0.15) is 48.2 Å². The number of hydrogen-bond acceptors (Lipinski definition) is 7. The standard InChI is InChI=1S/C25H29ClN6O2S/c1-31(21-12-19(26)13-28-14-21)17-32(25(34)23-15-29-16-35-23)22(11-18-5-3-2-4-6-18)24(33)30-20-7-9-27-10-8-20/h7-10,12-16,18,22H,2-6,11,17H2,1H3,(H,27,30,33)/t22-/m0/s1. The molecule has 3 aromatic heterocycles. The average molecular weight is 513 g/mol. The molecule has 3 heterocycles.